The Hall–Kier alpha value is -2.76. The number of hydrogen-bond donors (Lipinski definition) is 1. The molecule has 0 fully saturated rings. The molecule has 0 aromatic heterocycles. The number of nitrogens with one attached hydrogen (secondary N) is 1. The van der Waals surface area contributed by atoms with E-state index in [-0.39, 0.29) is 12.4 Å². The first-order valence-corrected chi connectivity index (χ1v) is 7.35. The predicted octanol–water partition coefficient (Wildman–Crippen LogP) is 2.73. The van der Waals surface area contributed by atoms with Crippen LogP contribution in [0.15, 0.2) is 48.5 Å². The SMILES string of the molecule is COC(=O)C(CNC(=O)c1ccc(F)cc1)Cc1ccc(F)cc1. The number of hydrogen-bond acceptors (Lipinski definition) is 3. The van der Waals surface area contributed by atoms with Gasteiger partial charge in [0, 0.05) is 12.1 Å². The van der Waals surface area contributed by atoms with Crippen molar-refractivity contribution in [3.63, 3.8) is 0 Å². The van der Waals surface area contributed by atoms with Crippen molar-refractivity contribution in [1.29, 1.82) is 0 Å². The molecule has 126 valence electrons. The van der Waals surface area contributed by atoms with Crippen molar-refractivity contribution in [2.24, 2.45) is 5.92 Å². The zero-order chi connectivity index (χ0) is 17.5. The van der Waals surface area contributed by atoms with E-state index in [1.54, 1.807) is 12.1 Å². The smallest absolute Gasteiger partial charge is 0.310 e. The van der Waals surface area contributed by atoms with E-state index < -0.39 is 23.6 Å². The minimum Gasteiger partial charge on any atom is -0.469 e. The molecule has 2 rings (SSSR count). The molecule has 6 heteroatoms. The molecule has 0 saturated heterocycles. The van der Waals surface area contributed by atoms with Crippen molar-refractivity contribution in [3.8, 4) is 0 Å². The van der Waals surface area contributed by atoms with Gasteiger partial charge in [0.1, 0.15) is 11.6 Å². The third kappa shape index (κ3) is 4.87. The Balaban J connectivity index is 2.00. The van der Waals surface area contributed by atoms with Crippen LogP contribution in [0.2, 0.25) is 0 Å². The first kappa shape index (κ1) is 17.6. The molecule has 2 aromatic rings. The number of methoxy groups -OCH3 is 1. The fourth-order valence-electron chi connectivity index (χ4n) is 2.23. The zero-order valence-electron chi connectivity index (χ0n) is 13.1. The van der Waals surface area contributed by atoms with Gasteiger partial charge in [-0.2, -0.15) is 0 Å². The molecule has 1 atom stereocenters. The number of carbonyl (C=O) groups is 2. The van der Waals surface area contributed by atoms with E-state index in [1.807, 2.05) is 0 Å². The summed E-state index contributed by atoms with van der Waals surface area (Å²) in [5, 5.41) is 2.63. The van der Waals surface area contributed by atoms with Gasteiger partial charge in [-0.1, -0.05) is 12.1 Å². The lowest BCUT2D eigenvalue weighted by atomic mass is 9.99. The average Bonchev–Trinajstić information content (AvgIpc) is 2.60. The Morgan fingerprint density at radius 3 is 2.08 bits per heavy atom. The fraction of sp³-hybridized carbons (Fsp3) is 0.222. The number of amides is 1. The summed E-state index contributed by atoms with van der Waals surface area (Å²) in [6.45, 7) is 0.0558. The summed E-state index contributed by atoms with van der Waals surface area (Å²) in [7, 11) is 1.27. The van der Waals surface area contributed by atoms with Crippen molar-refractivity contribution in [2.75, 3.05) is 13.7 Å². The summed E-state index contributed by atoms with van der Waals surface area (Å²) < 4.78 is 30.6. The Kier molecular flexibility index (Phi) is 6.01. The number of ether oxygens (including phenoxy) is 1. The van der Waals surface area contributed by atoms with Gasteiger partial charge in [-0.3, -0.25) is 9.59 Å². The Bertz CT molecular complexity index is 699. The highest BCUT2D eigenvalue weighted by Gasteiger charge is 2.21. The second-order valence-corrected chi connectivity index (χ2v) is 5.27. The van der Waals surface area contributed by atoms with Crippen molar-refractivity contribution in [2.45, 2.75) is 6.42 Å². The van der Waals surface area contributed by atoms with Gasteiger partial charge in [0.15, 0.2) is 0 Å². The van der Waals surface area contributed by atoms with E-state index in [0.717, 1.165) is 5.56 Å². The van der Waals surface area contributed by atoms with Crippen LogP contribution in [0.25, 0.3) is 0 Å². The monoisotopic (exact) mass is 333 g/mol. The third-order valence-corrected chi connectivity index (χ3v) is 3.55. The molecular formula is C18H17F2NO3. The second-order valence-electron chi connectivity index (χ2n) is 5.27. The first-order chi connectivity index (χ1) is 11.5. The van der Waals surface area contributed by atoms with Crippen molar-refractivity contribution < 1.29 is 23.1 Å². The average molecular weight is 333 g/mol. The van der Waals surface area contributed by atoms with E-state index in [4.69, 9.17) is 4.74 Å². The summed E-state index contributed by atoms with van der Waals surface area (Å²) in [5.41, 5.74) is 1.05. The van der Waals surface area contributed by atoms with Crippen LogP contribution >= 0.6 is 0 Å². The van der Waals surface area contributed by atoms with Crippen LogP contribution < -0.4 is 5.32 Å². The quantitative estimate of drug-likeness (QED) is 0.827. The molecule has 0 bridgehead atoms. The molecule has 0 spiro atoms. The molecule has 1 unspecified atom stereocenters. The van der Waals surface area contributed by atoms with Crippen LogP contribution in [-0.2, 0) is 16.0 Å². The maximum atomic E-state index is 12.9. The highest BCUT2D eigenvalue weighted by Crippen LogP contribution is 2.12. The summed E-state index contributed by atoms with van der Waals surface area (Å²) >= 11 is 0. The highest BCUT2D eigenvalue weighted by molar-refractivity contribution is 5.94. The molecule has 0 heterocycles. The molecule has 1 amide bonds. The largest absolute Gasteiger partial charge is 0.469 e. The van der Waals surface area contributed by atoms with E-state index in [2.05, 4.69) is 5.32 Å². The number of halogens is 2. The normalized spacial score (nSPS) is 11.6. The zero-order valence-corrected chi connectivity index (χ0v) is 13.1. The molecule has 24 heavy (non-hydrogen) atoms. The highest BCUT2D eigenvalue weighted by atomic mass is 19.1. The van der Waals surface area contributed by atoms with Gasteiger partial charge in [0.25, 0.3) is 5.91 Å². The topological polar surface area (TPSA) is 55.4 Å². The molecular weight excluding hydrogens is 316 g/mol. The van der Waals surface area contributed by atoms with Crippen LogP contribution in [0.4, 0.5) is 8.78 Å². The lowest BCUT2D eigenvalue weighted by molar-refractivity contribution is -0.145. The summed E-state index contributed by atoms with van der Waals surface area (Å²) in [6.07, 6.45) is 0.302. The summed E-state index contributed by atoms with van der Waals surface area (Å²) in [4.78, 5) is 23.9. The minimum atomic E-state index is -0.607. The van der Waals surface area contributed by atoms with Crippen molar-refractivity contribution in [1.82, 2.24) is 5.32 Å². The maximum absolute atomic E-state index is 12.9. The fourth-order valence-corrected chi connectivity index (χ4v) is 2.23. The van der Waals surface area contributed by atoms with E-state index in [0.29, 0.717) is 12.0 Å². The van der Waals surface area contributed by atoms with Gasteiger partial charge in [-0.05, 0) is 48.4 Å². The molecule has 2 aromatic carbocycles. The van der Waals surface area contributed by atoms with Gasteiger partial charge >= 0.3 is 5.97 Å². The van der Waals surface area contributed by atoms with Crippen LogP contribution in [0.3, 0.4) is 0 Å². The third-order valence-electron chi connectivity index (χ3n) is 3.55. The van der Waals surface area contributed by atoms with Crippen LogP contribution in [0.1, 0.15) is 15.9 Å². The van der Waals surface area contributed by atoms with E-state index in [1.165, 1.54) is 43.5 Å². The molecule has 0 radical (unpaired) electrons. The molecule has 4 nitrogen and oxygen atoms in total. The van der Waals surface area contributed by atoms with Gasteiger partial charge in [-0.15, -0.1) is 0 Å². The Morgan fingerprint density at radius 1 is 1.00 bits per heavy atom. The standard InChI is InChI=1S/C18H17F2NO3/c1-24-18(23)14(10-12-2-6-15(19)7-3-12)11-21-17(22)13-4-8-16(20)9-5-13/h2-9,14H,10-11H2,1H3,(H,21,22). The van der Waals surface area contributed by atoms with Gasteiger partial charge in [0.2, 0.25) is 0 Å². The Labute approximate surface area is 138 Å². The maximum Gasteiger partial charge on any atom is 0.310 e. The summed E-state index contributed by atoms with van der Waals surface area (Å²) in [5.74, 6) is -2.29. The number of esters is 1. The molecule has 0 aliphatic heterocycles. The molecule has 1 N–H and O–H groups in total. The Morgan fingerprint density at radius 2 is 1.54 bits per heavy atom. The first-order valence-electron chi connectivity index (χ1n) is 7.35. The van der Waals surface area contributed by atoms with Crippen LogP contribution in [0.5, 0.6) is 0 Å². The lowest BCUT2D eigenvalue weighted by Gasteiger charge is -2.15. The molecule has 0 aliphatic carbocycles. The van der Waals surface area contributed by atoms with Crippen molar-refractivity contribution in [3.05, 3.63) is 71.3 Å². The number of carbonyl (C=O) groups excluding carboxylic acids is 2. The summed E-state index contributed by atoms with van der Waals surface area (Å²) in [6, 6.07) is 10.9. The second kappa shape index (κ2) is 8.19. The molecule has 0 saturated carbocycles. The van der Waals surface area contributed by atoms with Gasteiger partial charge in [-0.25, -0.2) is 8.78 Å². The predicted molar refractivity (Wildman–Crippen MR) is 84.3 cm³/mol. The van der Waals surface area contributed by atoms with Crippen LogP contribution in [0, 0.1) is 17.6 Å². The van der Waals surface area contributed by atoms with E-state index >= 15 is 0 Å². The molecule has 0 aliphatic rings. The van der Waals surface area contributed by atoms with Crippen molar-refractivity contribution >= 4 is 11.9 Å². The van der Waals surface area contributed by atoms with E-state index in [9.17, 15) is 18.4 Å². The van der Waals surface area contributed by atoms with Gasteiger partial charge < -0.3 is 10.1 Å². The number of rotatable bonds is 6. The number of benzene rings is 2. The van der Waals surface area contributed by atoms with Crippen LogP contribution in [-0.4, -0.2) is 25.5 Å². The lowest BCUT2D eigenvalue weighted by Crippen LogP contribution is -2.34. The van der Waals surface area contributed by atoms with Gasteiger partial charge in [0.05, 0.1) is 13.0 Å². The minimum absolute atomic E-state index is 0.0558.